The maximum atomic E-state index is 12.6. The molecule has 1 amide bonds. The molecule has 0 bridgehead atoms. The second-order valence-corrected chi connectivity index (χ2v) is 6.38. The lowest BCUT2D eigenvalue weighted by Crippen LogP contribution is -2.26. The predicted octanol–water partition coefficient (Wildman–Crippen LogP) is 3.67. The van der Waals surface area contributed by atoms with E-state index < -0.39 is 6.04 Å². The summed E-state index contributed by atoms with van der Waals surface area (Å²) in [5.74, 6) is -0.654. The fraction of sp³-hybridized carbons (Fsp3) is 0.263. The highest BCUT2D eigenvalue weighted by molar-refractivity contribution is 9.10. The summed E-state index contributed by atoms with van der Waals surface area (Å²) in [5.41, 5.74) is 2.53. The minimum Gasteiger partial charge on any atom is -0.469 e. The van der Waals surface area contributed by atoms with Gasteiger partial charge in [-0.25, -0.2) is 0 Å². The molecule has 0 radical (unpaired) electrons. The molecule has 0 unspecified atom stereocenters. The zero-order valence-corrected chi connectivity index (χ0v) is 16.2. The minimum atomic E-state index is -0.726. The van der Waals surface area contributed by atoms with Crippen molar-refractivity contribution in [1.82, 2.24) is 0 Å². The van der Waals surface area contributed by atoms with E-state index in [0.29, 0.717) is 17.1 Å². The lowest BCUT2D eigenvalue weighted by atomic mass is 10.0. The van der Waals surface area contributed by atoms with Crippen LogP contribution in [0, 0.1) is 0 Å². The molecule has 0 spiro atoms. The van der Waals surface area contributed by atoms with Crippen molar-refractivity contribution in [3.8, 4) is 0 Å². The third kappa shape index (κ3) is 4.76. The van der Waals surface area contributed by atoms with Gasteiger partial charge in [0.2, 0.25) is 5.91 Å². The van der Waals surface area contributed by atoms with E-state index in [2.05, 4.69) is 42.5 Å². The van der Waals surface area contributed by atoms with Crippen LogP contribution in [0.3, 0.4) is 0 Å². The van der Waals surface area contributed by atoms with Gasteiger partial charge in [0, 0.05) is 22.7 Å². The molecule has 1 aliphatic heterocycles. The number of hydrogen-bond acceptors (Lipinski definition) is 5. The minimum absolute atomic E-state index is 0.100. The number of aliphatic imine (C=N–C) groups is 2. The molecule has 0 fully saturated rings. The average molecular weight is 418 g/mol. The van der Waals surface area contributed by atoms with Gasteiger partial charge in [-0.3, -0.25) is 19.6 Å². The molecule has 0 saturated heterocycles. The maximum absolute atomic E-state index is 12.6. The standard InChI is InChI=1S/C19H20BrN3O3/c1-4-6-15(21-5-2)18-13-11-12(20)7-8-14(13)23-19(25)16(22-18)9-10-17(24)26-3/h4-8,11,16H,1,9-10H2,2-3H3,(H,23,25)/b15-6-,21-5?/t16-/m0/s1. The number of allylic oxidation sites excluding steroid dienone is 3. The molecule has 1 heterocycles. The Morgan fingerprint density at radius 1 is 1.50 bits per heavy atom. The van der Waals surface area contributed by atoms with E-state index in [1.54, 1.807) is 31.4 Å². The van der Waals surface area contributed by atoms with Gasteiger partial charge in [-0.1, -0.05) is 28.6 Å². The van der Waals surface area contributed by atoms with Gasteiger partial charge in [0.25, 0.3) is 0 Å². The number of amides is 1. The number of fused-ring (bicyclic) bond motifs is 1. The highest BCUT2D eigenvalue weighted by Crippen LogP contribution is 2.28. The third-order valence-corrected chi connectivity index (χ3v) is 4.21. The molecule has 0 aliphatic carbocycles. The second kappa shape index (κ2) is 9.24. The number of benzodiazepines with no additional fused rings is 1. The second-order valence-electron chi connectivity index (χ2n) is 5.46. The monoisotopic (exact) mass is 417 g/mol. The van der Waals surface area contributed by atoms with Crippen LogP contribution in [0.25, 0.3) is 0 Å². The molecule has 136 valence electrons. The van der Waals surface area contributed by atoms with Crippen molar-refractivity contribution in [3.05, 3.63) is 52.7 Å². The summed E-state index contributed by atoms with van der Waals surface area (Å²) in [6.07, 6.45) is 5.35. The Kier molecular flexibility index (Phi) is 7.03. The summed E-state index contributed by atoms with van der Waals surface area (Å²) in [7, 11) is 1.32. The number of carbonyl (C=O) groups is 2. The fourth-order valence-corrected chi connectivity index (χ4v) is 2.87. The van der Waals surface area contributed by atoms with Gasteiger partial charge in [0.05, 0.1) is 24.2 Å². The Hall–Kier alpha value is -2.54. The molecule has 0 aromatic heterocycles. The van der Waals surface area contributed by atoms with Crippen LogP contribution in [0.1, 0.15) is 25.3 Å². The zero-order chi connectivity index (χ0) is 19.1. The van der Waals surface area contributed by atoms with Crippen LogP contribution >= 0.6 is 15.9 Å². The fourth-order valence-electron chi connectivity index (χ4n) is 2.51. The predicted molar refractivity (Wildman–Crippen MR) is 107 cm³/mol. The Morgan fingerprint density at radius 3 is 2.92 bits per heavy atom. The van der Waals surface area contributed by atoms with Gasteiger partial charge in [0.15, 0.2) is 0 Å². The van der Waals surface area contributed by atoms with E-state index in [9.17, 15) is 9.59 Å². The molecule has 7 heteroatoms. The first kappa shape index (κ1) is 19.8. The van der Waals surface area contributed by atoms with E-state index in [0.717, 1.165) is 10.0 Å². The molecule has 1 aromatic rings. The van der Waals surface area contributed by atoms with Gasteiger partial charge in [0.1, 0.15) is 6.04 Å². The number of nitrogens with one attached hydrogen (secondary N) is 1. The number of nitrogens with zero attached hydrogens (tertiary/aromatic N) is 2. The van der Waals surface area contributed by atoms with E-state index in [1.807, 2.05) is 12.1 Å². The summed E-state index contributed by atoms with van der Waals surface area (Å²) < 4.78 is 5.51. The van der Waals surface area contributed by atoms with E-state index in [1.165, 1.54) is 7.11 Å². The molecule has 26 heavy (non-hydrogen) atoms. The molecule has 2 rings (SSSR count). The Morgan fingerprint density at radius 2 is 2.27 bits per heavy atom. The summed E-state index contributed by atoms with van der Waals surface area (Å²) in [6, 6.07) is 4.79. The molecule has 1 atom stereocenters. The van der Waals surface area contributed by atoms with Crippen LogP contribution < -0.4 is 5.32 Å². The molecule has 1 aliphatic rings. The molecule has 6 nitrogen and oxygen atoms in total. The van der Waals surface area contributed by atoms with E-state index >= 15 is 0 Å². The zero-order valence-electron chi connectivity index (χ0n) is 14.7. The number of hydrogen-bond donors (Lipinski definition) is 1. The van der Waals surface area contributed by atoms with Crippen molar-refractivity contribution >= 4 is 45.4 Å². The summed E-state index contributed by atoms with van der Waals surface area (Å²) in [6.45, 7) is 5.52. The van der Waals surface area contributed by atoms with Crippen LogP contribution in [-0.2, 0) is 14.3 Å². The number of methoxy groups -OCH3 is 1. The quantitative estimate of drug-likeness (QED) is 0.435. The first-order chi connectivity index (χ1) is 12.5. The van der Waals surface area contributed by atoms with Crippen molar-refractivity contribution in [2.45, 2.75) is 25.8 Å². The molecule has 1 N–H and O–H groups in total. The normalized spacial score (nSPS) is 17.2. The maximum Gasteiger partial charge on any atom is 0.305 e. The van der Waals surface area contributed by atoms with Gasteiger partial charge < -0.3 is 10.1 Å². The van der Waals surface area contributed by atoms with Gasteiger partial charge in [-0.15, -0.1) is 0 Å². The van der Waals surface area contributed by atoms with Gasteiger partial charge >= 0.3 is 5.97 Å². The Balaban J connectivity index is 2.56. The SMILES string of the molecule is C=C/C=C(\N=CC)C1=N[C@@H](CCC(=O)OC)C(=O)Nc2ccc(Br)cc21. The number of carbonyl (C=O) groups excluding carboxylic acids is 2. The van der Waals surface area contributed by atoms with Crippen molar-refractivity contribution in [2.24, 2.45) is 9.98 Å². The number of esters is 1. The van der Waals surface area contributed by atoms with E-state index in [4.69, 9.17) is 0 Å². The summed E-state index contributed by atoms with van der Waals surface area (Å²) >= 11 is 3.45. The number of ether oxygens (including phenoxy) is 1. The van der Waals surface area contributed by atoms with E-state index in [-0.39, 0.29) is 24.7 Å². The molecular formula is C19H20BrN3O3. The average Bonchev–Trinajstić information content (AvgIpc) is 2.75. The first-order valence-electron chi connectivity index (χ1n) is 8.07. The largest absolute Gasteiger partial charge is 0.469 e. The highest BCUT2D eigenvalue weighted by Gasteiger charge is 2.27. The van der Waals surface area contributed by atoms with Crippen LogP contribution in [0.15, 0.2) is 57.1 Å². The molecular weight excluding hydrogens is 398 g/mol. The van der Waals surface area contributed by atoms with Crippen LogP contribution in [0.2, 0.25) is 0 Å². The van der Waals surface area contributed by atoms with Crippen molar-refractivity contribution < 1.29 is 14.3 Å². The lowest BCUT2D eigenvalue weighted by molar-refractivity contribution is -0.140. The summed E-state index contributed by atoms with van der Waals surface area (Å²) in [4.78, 5) is 33.1. The Labute approximate surface area is 160 Å². The van der Waals surface area contributed by atoms with Gasteiger partial charge in [-0.2, -0.15) is 0 Å². The smallest absolute Gasteiger partial charge is 0.305 e. The third-order valence-electron chi connectivity index (χ3n) is 3.72. The Bertz CT molecular complexity index is 812. The number of halogens is 1. The first-order valence-corrected chi connectivity index (χ1v) is 8.86. The topological polar surface area (TPSA) is 80.1 Å². The number of benzene rings is 1. The van der Waals surface area contributed by atoms with Crippen molar-refractivity contribution in [1.29, 1.82) is 0 Å². The van der Waals surface area contributed by atoms with Crippen LogP contribution in [-0.4, -0.2) is 37.0 Å². The van der Waals surface area contributed by atoms with Crippen molar-refractivity contribution in [3.63, 3.8) is 0 Å². The summed E-state index contributed by atoms with van der Waals surface area (Å²) in [5, 5.41) is 2.88. The van der Waals surface area contributed by atoms with Crippen molar-refractivity contribution in [2.75, 3.05) is 12.4 Å². The number of rotatable bonds is 6. The lowest BCUT2D eigenvalue weighted by Gasteiger charge is -2.10. The highest BCUT2D eigenvalue weighted by atomic mass is 79.9. The van der Waals surface area contributed by atoms with Crippen LogP contribution in [0.4, 0.5) is 5.69 Å². The molecule has 0 saturated carbocycles. The van der Waals surface area contributed by atoms with Gasteiger partial charge in [-0.05, 0) is 37.6 Å². The van der Waals surface area contributed by atoms with Crippen LogP contribution in [0.5, 0.6) is 0 Å². The number of anilines is 1. The molecule has 1 aromatic carbocycles.